The number of carbonyl (C=O) groups is 1. The predicted molar refractivity (Wildman–Crippen MR) is 147 cm³/mol. The summed E-state index contributed by atoms with van der Waals surface area (Å²) in [5.41, 5.74) is 2.89. The molecule has 1 atom stereocenters. The van der Waals surface area contributed by atoms with Gasteiger partial charge in [0.05, 0.1) is 35.9 Å². The second kappa shape index (κ2) is 11.7. The van der Waals surface area contributed by atoms with Crippen molar-refractivity contribution in [3.8, 4) is 28.6 Å². The molecule has 7 nitrogen and oxygen atoms in total. The van der Waals surface area contributed by atoms with E-state index in [2.05, 4.69) is 0 Å². The number of hydrogen-bond donors (Lipinski definition) is 0. The second-order valence-electron chi connectivity index (χ2n) is 9.18. The lowest BCUT2D eigenvalue weighted by Gasteiger charge is -2.26. The fraction of sp³-hybridized carbons (Fsp3) is 0.267. The largest absolute Gasteiger partial charge is 0.493 e. The van der Waals surface area contributed by atoms with Crippen molar-refractivity contribution in [2.24, 2.45) is 7.05 Å². The zero-order valence-electron chi connectivity index (χ0n) is 21.5. The number of aryl methyl sites for hydroxylation is 1. The molecule has 1 amide bonds. The molecular weight excluding hydrogens is 502 g/mol. The summed E-state index contributed by atoms with van der Waals surface area (Å²) in [4.78, 5) is 15.7. The highest BCUT2D eigenvalue weighted by Gasteiger charge is 2.29. The number of amides is 1. The van der Waals surface area contributed by atoms with Gasteiger partial charge in [0.1, 0.15) is 5.69 Å². The summed E-state index contributed by atoms with van der Waals surface area (Å²) >= 11 is 6.45. The van der Waals surface area contributed by atoms with Crippen LogP contribution in [0.1, 0.15) is 28.8 Å². The molecule has 8 heteroatoms. The Morgan fingerprint density at radius 1 is 1.05 bits per heavy atom. The van der Waals surface area contributed by atoms with Gasteiger partial charge in [0.25, 0.3) is 5.91 Å². The lowest BCUT2D eigenvalue weighted by atomic mass is 10.1. The van der Waals surface area contributed by atoms with Crippen molar-refractivity contribution in [2.45, 2.75) is 25.5 Å². The molecule has 38 heavy (non-hydrogen) atoms. The molecule has 1 aliphatic heterocycles. The standard InChI is InChI=1S/C30H30ClN3O4/c1-33-30(38-27-17-9-8-16-26(27)36-2)24(28(32-33)21-11-4-3-5-12-21)20-34(19-22-13-10-18-37-22)29(35)23-14-6-7-15-25(23)31/h3-9,11-12,14-17,22H,10,13,18-20H2,1-2H3/t22-/m0/s1. The van der Waals surface area contributed by atoms with Crippen molar-refractivity contribution in [1.82, 2.24) is 14.7 Å². The van der Waals surface area contributed by atoms with Crippen molar-refractivity contribution >= 4 is 17.5 Å². The Labute approximate surface area is 227 Å². The molecule has 0 bridgehead atoms. The van der Waals surface area contributed by atoms with E-state index in [1.165, 1.54) is 0 Å². The molecule has 4 aromatic rings. The molecule has 1 aliphatic rings. The van der Waals surface area contributed by atoms with Gasteiger partial charge in [0, 0.05) is 25.8 Å². The lowest BCUT2D eigenvalue weighted by molar-refractivity contribution is 0.0506. The summed E-state index contributed by atoms with van der Waals surface area (Å²) in [6, 6.07) is 24.5. The van der Waals surface area contributed by atoms with Gasteiger partial charge in [-0.15, -0.1) is 0 Å². The van der Waals surface area contributed by atoms with Crippen LogP contribution in [0.2, 0.25) is 5.02 Å². The number of methoxy groups -OCH3 is 1. The first-order chi connectivity index (χ1) is 18.5. The number of nitrogens with zero attached hydrogens (tertiary/aromatic N) is 3. The van der Waals surface area contributed by atoms with Crippen LogP contribution in [0.25, 0.3) is 11.3 Å². The van der Waals surface area contributed by atoms with Crippen molar-refractivity contribution in [2.75, 3.05) is 20.3 Å². The quantitative estimate of drug-likeness (QED) is 0.251. The minimum Gasteiger partial charge on any atom is -0.493 e. The number of para-hydroxylation sites is 2. The smallest absolute Gasteiger partial charge is 0.255 e. The molecule has 0 N–H and O–H groups in total. The number of aromatic nitrogens is 2. The molecule has 1 saturated heterocycles. The van der Waals surface area contributed by atoms with E-state index in [4.69, 9.17) is 30.9 Å². The first-order valence-corrected chi connectivity index (χ1v) is 13.0. The number of rotatable bonds is 9. The molecule has 0 saturated carbocycles. The monoisotopic (exact) mass is 531 g/mol. The van der Waals surface area contributed by atoms with Crippen LogP contribution >= 0.6 is 11.6 Å². The lowest BCUT2D eigenvalue weighted by Crippen LogP contribution is -2.37. The Bertz CT molecular complexity index is 1400. The Kier molecular flexibility index (Phi) is 7.96. The zero-order valence-corrected chi connectivity index (χ0v) is 22.2. The average Bonchev–Trinajstić information content (AvgIpc) is 3.57. The maximum absolute atomic E-state index is 13.9. The van der Waals surface area contributed by atoms with E-state index in [0.29, 0.717) is 41.1 Å². The molecule has 1 fully saturated rings. The number of hydrogen-bond acceptors (Lipinski definition) is 5. The van der Waals surface area contributed by atoms with Crippen molar-refractivity contribution in [3.63, 3.8) is 0 Å². The van der Waals surface area contributed by atoms with Crippen LogP contribution in [-0.4, -0.2) is 47.0 Å². The van der Waals surface area contributed by atoms with Crippen LogP contribution < -0.4 is 9.47 Å². The molecule has 5 rings (SSSR count). The van der Waals surface area contributed by atoms with Gasteiger partial charge >= 0.3 is 0 Å². The van der Waals surface area contributed by atoms with E-state index in [1.54, 1.807) is 28.8 Å². The van der Waals surface area contributed by atoms with Gasteiger partial charge in [-0.05, 0) is 37.1 Å². The van der Waals surface area contributed by atoms with E-state index in [1.807, 2.05) is 73.8 Å². The van der Waals surface area contributed by atoms with Crippen LogP contribution in [0.3, 0.4) is 0 Å². The Morgan fingerprint density at radius 3 is 2.47 bits per heavy atom. The maximum Gasteiger partial charge on any atom is 0.255 e. The fourth-order valence-corrected chi connectivity index (χ4v) is 4.92. The molecule has 0 radical (unpaired) electrons. The van der Waals surface area contributed by atoms with Crippen LogP contribution in [0.15, 0.2) is 78.9 Å². The molecule has 1 aromatic heterocycles. The highest BCUT2D eigenvalue weighted by Crippen LogP contribution is 2.37. The van der Waals surface area contributed by atoms with Crippen molar-refractivity contribution < 1.29 is 19.0 Å². The third kappa shape index (κ3) is 5.54. The highest BCUT2D eigenvalue weighted by atomic mass is 35.5. The summed E-state index contributed by atoms with van der Waals surface area (Å²) in [7, 11) is 3.44. The van der Waals surface area contributed by atoms with Gasteiger partial charge in [0.2, 0.25) is 5.88 Å². The Balaban J connectivity index is 1.59. The van der Waals surface area contributed by atoms with Gasteiger partial charge in [-0.1, -0.05) is 66.2 Å². The zero-order chi connectivity index (χ0) is 26.5. The SMILES string of the molecule is COc1ccccc1Oc1c(CN(C[C@@H]2CCCO2)C(=O)c2ccccc2Cl)c(-c2ccccc2)nn1C. The van der Waals surface area contributed by atoms with Gasteiger partial charge in [-0.3, -0.25) is 4.79 Å². The minimum atomic E-state index is -0.169. The van der Waals surface area contributed by atoms with E-state index in [0.717, 1.165) is 29.7 Å². The summed E-state index contributed by atoms with van der Waals surface area (Å²) in [6.45, 7) is 1.39. The molecular formula is C30H30ClN3O4. The summed E-state index contributed by atoms with van der Waals surface area (Å²) in [5.74, 6) is 1.51. The molecule has 0 unspecified atom stereocenters. The summed E-state index contributed by atoms with van der Waals surface area (Å²) in [5, 5.41) is 5.23. The normalized spacial score (nSPS) is 14.9. The van der Waals surface area contributed by atoms with Gasteiger partial charge in [0.15, 0.2) is 11.5 Å². The van der Waals surface area contributed by atoms with E-state index >= 15 is 0 Å². The third-order valence-corrected chi connectivity index (χ3v) is 6.93. The number of carbonyl (C=O) groups excluding carboxylic acids is 1. The number of ether oxygens (including phenoxy) is 3. The van der Waals surface area contributed by atoms with Gasteiger partial charge in [-0.2, -0.15) is 5.10 Å². The van der Waals surface area contributed by atoms with Crippen molar-refractivity contribution in [3.05, 3.63) is 95.0 Å². The number of benzene rings is 3. The predicted octanol–water partition coefficient (Wildman–Crippen LogP) is 6.36. The second-order valence-corrected chi connectivity index (χ2v) is 9.58. The van der Waals surface area contributed by atoms with Crippen LogP contribution in [-0.2, 0) is 18.3 Å². The minimum absolute atomic E-state index is 0.0446. The van der Waals surface area contributed by atoms with Gasteiger partial charge in [-0.25, -0.2) is 4.68 Å². The van der Waals surface area contributed by atoms with Crippen molar-refractivity contribution in [1.29, 1.82) is 0 Å². The molecule has 196 valence electrons. The first kappa shape index (κ1) is 25.8. The van der Waals surface area contributed by atoms with Crippen LogP contribution in [0.5, 0.6) is 17.4 Å². The van der Waals surface area contributed by atoms with Crippen LogP contribution in [0, 0.1) is 0 Å². The molecule has 2 heterocycles. The summed E-state index contributed by atoms with van der Waals surface area (Å²) in [6.07, 6.45) is 1.83. The maximum atomic E-state index is 13.9. The molecule has 3 aromatic carbocycles. The van der Waals surface area contributed by atoms with E-state index in [-0.39, 0.29) is 18.6 Å². The van der Waals surface area contributed by atoms with E-state index < -0.39 is 0 Å². The van der Waals surface area contributed by atoms with Crippen LogP contribution in [0.4, 0.5) is 0 Å². The number of halogens is 1. The van der Waals surface area contributed by atoms with E-state index in [9.17, 15) is 4.79 Å². The average molecular weight is 532 g/mol. The van der Waals surface area contributed by atoms with Gasteiger partial charge < -0.3 is 19.1 Å². The Morgan fingerprint density at radius 2 is 1.76 bits per heavy atom. The topological polar surface area (TPSA) is 65.8 Å². The Hall–Kier alpha value is -3.81. The fourth-order valence-electron chi connectivity index (χ4n) is 4.71. The first-order valence-electron chi connectivity index (χ1n) is 12.6. The molecule has 0 spiro atoms. The molecule has 0 aliphatic carbocycles. The third-order valence-electron chi connectivity index (χ3n) is 6.60. The summed E-state index contributed by atoms with van der Waals surface area (Å²) < 4.78 is 19.6. The highest BCUT2D eigenvalue weighted by molar-refractivity contribution is 6.33.